The Morgan fingerprint density at radius 2 is 1.69 bits per heavy atom. The van der Waals surface area contributed by atoms with Crippen LogP contribution in [-0.2, 0) is 55.8 Å². The van der Waals surface area contributed by atoms with Crippen molar-refractivity contribution in [2.45, 2.75) is 90.3 Å². The number of nitrogens with zero attached hydrogens (tertiary/aromatic N) is 7. The largest absolute Gasteiger partial charge is 0.478 e. The minimum absolute atomic E-state index is 0.0364. The van der Waals surface area contributed by atoms with Gasteiger partial charge in [-0.1, -0.05) is 0 Å². The van der Waals surface area contributed by atoms with Crippen LogP contribution in [0.4, 0.5) is 11.8 Å². The van der Waals surface area contributed by atoms with E-state index in [1.54, 1.807) is 46.1 Å². The summed E-state index contributed by atoms with van der Waals surface area (Å²) in [7, 11) is -3.61. The predicted molar refractivity (Wildman–Crippen MR) is 218 cm³/mol. The molecular formula is C35H48N10O14P2S. The maximum atomic E-state index is 15.8. The first-order valence-electron chi connectivity index (χ1n) is 19.4. The fourth-order valence-electron chi connectivity index (χ4n) is 8.26. The van der Waals surface area contributed by atoms with E-state index in [-0.39, 0.29) is 34.9 Å². The van der Waals surface area contributed by atoms with E-state index in [1.165, 1.54) is 30.7 Å². The van der Waals surface area contributed by atoms with Gasteiger partial charge in [0.1, 0.15) is 36.1 Å². The maximum Gasteiger partial charge on any atom is 0.478 e. The third-order valence-electron chi connectivity index (χ3n) is 11.4. The molecular weight excluding hydrogens is 878 g/mol. The molecule has 338 valence electrons. The number of H-pyrrole nitrogens is 1. The number of carbonyl (C=O) groups is 2. The average Bonchev–Trinajstić information content (AvgIpc) is 3.52. The molecule has 0 radical (unpaired) electrons. The summed E-state index contributed by atoms with van der Waals surface area (Å²) < 4.78 is 81.8. The average molecular weight is 927 g/mol. The molecule has 2 aliphatic carbocycles. The van der Waals surface area contributed by atoms with Crippen molar-refractivity contribution in [2.75, 3.05) is 44.5 Å². The van der Waals surface area contributed by atoms with Crippen molar-refractivity contribution in [3.8, 4) is 0 Å². The first kappa shape index (κ1) is 44.6. The molecule has 24 nitrogen and oxygen atoms in total. The zero-order valence-electron chi connectivity index (χ0n) is 34.7. The van der Waals surface area contributed by atoms with E-state index in [1.807, 2.05) is 0 Å². The Bertz CT molecular complexity index is 2560. The molecule has 62 heavy (non-hydrogen) atoms. The number of hydrogen-bond donors (Lipinski definition) is 4. The van der Waals surface area contributed by atoms with Gasteiger partial charge in [-0.2, -0.15) is 4.98 Å². The van der Waals surface area contributed by atoms with Crippen LogP contribution in [0.15, 0.2) is 23.8 Å². The molecule has 27 heteroatoms. The lowest BCUT2D eigenvalue weighted by atomic mass is 9.98. The third kappa shape index (κ3) is 7.83. The third-order valence-corrected chi connectivity index (χ3v) is 17.7. The molecule has 11 atom stereocenters. The number of imidazole rings is 2. The maximum absolute atomic E-state index is 15.8. The number of carbonyl (C=O) groups excluding carboxylic acids is 2. The van der Waals surface area contributed by atoms with Gasteiger partial charge in [-0.3, -0.25) is 37.5 Å². The Morgan fingerprint density at radius 1 is 1.00 bits per heavy atom. The zero-order chi connectivity index (χ0) is 44.7. The quantitative estimate of drug-likeness (QED) is 0.106. The Hall–Kier alpha value is -4.03. The van der Waals surface area contributed by atoms with Gasteiger partial charge in [-0.15, -0.1) is 0 Å². The van der Waals surface area contributed by atoms with Crippen molar-refractivity contribution < 1.29 is 60.9 Å². The van der Waals surface area contributed by atoms with Crippen LogP contribution < -0.4 is 17.0 Å². The number of ether oxygens (including phenoxy) is 4. The number of anilines is 2. The van der Waals surface area contributed by atoms with E-state index in [0.717, 1.165) is 0 Å². The Morgan fingerprint density at radius 3 is 2.40 bits per heavy atom. The first-order valence-corrected chi connectivity index (χ1v) is 24.2. The second-order valence-electron chi connectivity index (χ2n) is 17.6. The van der Waals surface area contributed by atoms with Crippen molar-refractivity contribution in [2.24, 2.45) is 22.2 Å². The summed E-state index contributed by atoms with van der Waals surface area (Å²) in [6, 6.07) is -0.849. The second kappa shape index (κ2) is 15.9. The van der Waals surface area contributed by atoms with Crippen molar-refractivity contribution in [1.82, 2.24) is 39.0 Å². The molecule has 1 unspecified atom stereocenters. The van der Waals surface area contributed by atoms with E-state index in [4.69, 9.17) is 48.5 Å². The van der Waals surface area contributed by atoms with Gasteiger partial charge in [0.25, 0.3) is 12.1 Å². The van der Waals surface area contributed by atoms with Crippen molar-refractivity contribution in [1.29, 1.82) is 0 Å². The van der Waals surface area contributed by atoms with Crippen LogP contribution >= 0.6 is 25.8 Å². The number of aliphatic hydroxyl groups is 1. The Kier molecular flexibility index (Phi) is 11.4. The fourth-order valence-corrected chi connectivity index (χ4v) is 14.7. The number of fused-ring (bicyclic) bond motifs is 4. The topological polar surface area (TPSA) is 322 Å². The molecule has 6 N–H and O–H groups in total. The van der Waals surface area contributed by atoms with Crippen LogP contribution in [0.5, 0.6) is 0 Å². The number of rotatable bonds is 9. The highest BCUT2D eigenvalue weighted by molar-refractivity contribution is 8.56. The number of esters is 2. The van der Waals surface area contributed by atoms with E-state index in [2.05, 4.69) is 29.9 Å². The molecule has 2 saturated heterocycles. The van der Waals surface area contributed by atoms with E-state index in [9.17, 15) is 19.5 Å². The number of nitrogen functional groups attached to an aromatic ring is 2. The van der Waals surface area contributed by atoms with Gasteiger partial charge in [0.15, 0.2) is 28.9 Å². The lowest BCUT2D eigenvalue weighted by Gasteiger charge is -2.36. The zero-order valence-corrected chi connectivity index (χ0v) is 37.3. The van der Waals surface area contributed by atoms with Crippen LogP contribution in [0, 0.1) is 22.2 Å². The molecule has 4 aliphatic rings. The minimum atomic E-state index is -4.92. The number of aromatic nitrogens is 8. The summed E-state index contributed by atoms with van der Waals surface area (Å²) in [6.07, 6.45) is -2.43. The highest BCUT2D eigenvalue weighted by Crippen LogP contribution is 2.82. The van der Waals surface area contributed by atoms with Gasteiger partial charge in [0, 0.05) is 12.5 Å². The monoisotopic (exact) mass is 926 g/mol. The number of nitrogens with two attached hydrogens (primary N) is 2. The number of phosphoric ester groups is 1. The molecule has 0 aromatic carbocycles. The summed E-state index contributed by atoms with van der Waals surface area (Å²) in [6.45, 7) is 3.68. The van der Waals surface area contributed by atoms with E-state index >= 15 is 9.13 Å². The SMILES string of the molecule is CO[C@H]1[C@H]2O[P@@](=O)(OCOC(=O)C(C)(C)C)OCC34C[C@@H]3[C@@H](n3cnc5c(N)ncnc53)[C@H](O)[C@@H]4[P@](=O)(SCOC(=O)C(C)(C)C)OC[C@H]1O[C@H]2n1cnc2c(=O)[nH]c(N)nc21. The lowest BCUT2D eigenvalue weighted by molar-refractivity contribution is -0.161. The van der Waals surface area contributed by atoms with Crippen LogP contribution in [0.3, 0.4) is 0 Å². The summed E-state index contributed by atoms with van der Waals surface area (Å²) in [5.41, 5.74) is 7.38. The van der Waals surface area contributed by atoms with Crippen LogP contribution in [0.1, 0.15) is 60.2 Å². The van der Waals surface area contributed by atoms with Crippen LogP contribution in [0.25, 0.3) is 22.3 Å². The highest BCUT2D eigenvalue weighted by atomic mass is 32.7. The summed E-state index contributed by atoms with van der Waals surface area (Å²) in [5, 5.41) is 12.5. The molecule has 2 bridgehead atoms. The highest BCUT2D eigenvalue weighted by Gasteiger charge is 2.77. The Labute approximate surface area is 357 Å². The molecule has 8 rings (SSSR count). The van der Waals surface area contributed by atoms with Gasteiger partial charge >= 0.3 is 19.8 Å². The van der Waals surface area contributed by atoms with Gasteiger partial charge in [-0.05, 0) is 65.3 Å². The number of methoxy groups -OCH3 is 1. The first-order chi connectivity index (χ1) is 29.1. The van der Waals surface area contributed by atoms with Crippen molar-refractivity contribution in [3.63, 3.8) is 0 Å². The molecule has 2 saturated carbocycles. The summed E-state index contributed by atoms with van der Waals surface area (Å²) in [4.78, 5) is 62.1. The smallest absolute Gasteiger partial charge is 0.454 e. The lowest BCUT2D eigenvalue weighted by Crippen LogP contribution is -2.40. The standard InChI is InChI=1S/C35H48N10O14P2S/c1-33(2,3)30(48)53-14-57-61(51)56-10-35-8-16(35)20(44-12-40-18-25(36)38-11-39-26(18)44)21(46)24(35)60(50,62-15-54-31(49)34(4,5)6)55-9-17-22(52-7)23(59-61)29(58-17)45-13-41-19-27(45)42-32(37)43-28(19)47/h11-13,16-17,20-24,29,46H,8-10,14-15H2,1-7H3,(H2,36,38,39)(H3,37,42,43,47)/t16-,17-,20-,21+,22-,23-,24+,29-,35?,60-,61-/m1/s1. The molecule has 4 fully saturated rings. The molecule has 6 heterocycles. The summed E-state index contributed by atoms with van der Waals surface area (Å²) in [5.74, 6) is -2.36. The fraction of sp³-hybridized carbons (Fsp3) is 0.657. The number of phosphoric acid groups is 1. The number of aromatic amines is 1. The van der Waals surface area contributed by atoms with Gasteiger partial charge in [-0.25, -0.2) is 29.0 Å². The molecule has 2 aliphatic heterocycles. The molecule has 4 aromatic rings. The molecule has 1 spiro atoms. The predicted octanol–water partition coefficient (Wildman–Crippen LogP) is 2.90. The van der Waals surface area contributed by atoms with Crippen LogP contribution in [0.2, 0.25) is 0 Å². The van der Waals surface area contributed by atoms with Crippen molar-refractivity contribution >= 4 is 71.8 Å². The Balaban J connectivity index is 1.22. The summed E-state index contributed by atoms with van der Waals surface area (Å²) >= 11 is 0.705. The number of hydrogen-bond acceptors (Lipinski definition) is 22. The second-order valence-corrected chi connectivity index (χ2v) is 23.9. The number of nitrogens with one attached hydrogen (secondary N) is 1. The van der Waals surface area contributed by atoms with Crippen molar-refractivity contribution in [3.05, 3.63) is 29.3 Å². The van der Waals surface area contributed by atoms with E-state index in [0.29, 0.717) is 17.0 Å². The van der Waals surface area contributed by atoms with Gasteiger partial charge in [0.2, 0.25) is 12.7 Å². The van der Waals surface area contributed by atoms with Gasteiger partial charge in [0.05, 0.1) is 54.5 Å². The normalized spacial score (nSPS) is 33.7. The minimum Gasteiger partial charge on any atom is -0.454 e. The van der Waals surface area contributed by atoms with E-state index < -0.39 is 122 Å². The van der Waals surface area contributed by atoms with Gasteiger partial charge < -0.3 is 44.6 Å². The molecule has 4 aromatic heterocycles. The molecule has 0 amide bonds. The van der Waals surface area contributed by atoms with Crippen LogP contribution in [-0.4, -0.2) is 119 Å². The number of aliphatic hydroxyl groups excluding tert-OH is 1.